The Labute approximate surface area is 108 Å². The van der Waals surface area contributed by atoms with E-state index < -0.39 is 0 Å². The molecule has 1 aromatic rings. The number of anilines is 1. The first-order valence-electron chi connectivity index (χ1n) is 5.93. The Kier molecular flexibility index (Phi) is 3.77. The predicted molar refractivity (Wildman–Crippen MR) is 75.1 cm³/mol. The molecule has 0 fully saturated rings. The molecule has 18 heavy (non-hydrogen) atoms. The van der Waals surface area contributed by atoms with Crippen LogP contribution in [-0.2, 0) is 0 Å². The molecule has 2 rings (SSSR count). The van der Waals surface area contributed by atoms with E-state index in [-0.39, 0.29) is 0 Å². The van der Waals surface area contributed by atoms with Crippen LogP contribution in [0.3, 0.4) is 0 Å². The fourth-order valence-electron chi connectivity index (χ4n) is 1.58. The summed E-state index contributed by atoms with van der Waals surface area (Å²) in [6.45, 7) is 0.879. The number of rotatable bonds is 3. The van der Waals surface area contributed by atoms with Crippen LogP contribution >= 0.6 is 0 Å². The Bertz CT molecular complexity index is 483. The van der Waals surface area contributed by atoms with Gasteiger partial charge in [0.2, 0.25) is 0 Å². The van der Waals surface area contributed by atoms with E-state index >= 15 is 0 Å². The first-order chi connectivity index (χ1) is 8.65. The van der Waals surface area contributed by atoms with Gasteiger partial charge >= 0.3 is 0 Å². The van der Waals surface area contributed by atoms with E-state index in [1.54, 1.807) is 0 Å². The van der Waals surface area contributed by atoms with Crippen LogP contribution < -0.4 is 4.90 Å². The third-order valence-electron chi connectivity index (χ3n) is 2.74. The average Bonchev–Trinajstić information content (AvgIpc) is 2.38. The third-order valence-corrected chi connectivity index (χ3v) is 2.74. The van der Waals surface area contributed by atoms with E-state index in [4.69, 9.17) is 0 Å². The van der Waals surface area contributed by atoms with Gasteiger partial charge in [0.1, 0.15) is 0 Å². The molecule has 94 valence electrons. The van der Waals surface area contributed by atoms with Crippen molar-refractivity contribution in [2.45, 2.75) is 0 Å². The zero-order valence-electron chi connectivity index (χ0n) is 11.0. The molecule has 1 aliphatic heterocycles. The first kappa shape index (κ1) is 12.4. The molecule has 0 atom stereocenters. The highest BCUT2D eigenvalue weighted by molar-refractivity contribution is 5.51. The van der Waals surface area contributed by atoms with Gasteiger partial charge in [0.05, 0.1) is 11.4 Å². The quantitative estimate of drug-likeness (QED) is 0.762. The number of hydrogen-bond acceptors (Lipinski definition) is 4. The number of nitrogens with zero attached hydrogens (tertiary/aromatic N) is 4. The largest absolute Gasteiger partial charge is 0.378 e. The van der Waals surface area contributed by atoms with Crippen LogP contribution in [0.15, 0.2) is 58.5 Å². The van der Waals surface area contributed by atoms with Crippen LogP contribution in [0.2, 0.25) is 0 Å². The van der Waals surface area contributed by atoms with Crippen LogP contribution in [0, 0.1) is 0 Å². The summed E-state index contributed by atoms with van der Waals surface area (Å²) in [6.07, 6.45) is 6.02. The van der Waals surface area contributed by atoms with Gasteiger partial charge in [0.15, 0.2) is 0 Å². The monoisotopic (exact) mass is 242 g/mol. The second-order valence-electron chi connectivity index (χ2n) is 4.50. The highest BCUT2D eigenvalue weighted by atomic mass is 15.1. The normalized spacial score (nSPS) is 15.1. The van der Waals surface area contributed by atoms with Crippen molar-refractivity contribution >= 4 is 11.4 Å². The highest BCUT2D eigenvalue weighted by Gasteiger charge is 1.99. The lowest BCUT2D eigenvalue weighted by atomic mass is 10.3. The van der Waals surface area contributed by atoms with Gasteiger partial charge in [0.25, 0.3) is 0 Å². The average molecular weight is 242 g/mol. The SMILES string of the molecule is CN1C=CC(N=Nc2ccc(N(C)C)cc2)=CC1. The van der Waals surface area contributed by atoms with Crippen LogP contribution in [-0.4, -0.2) is 32.6 Å². The van der Waals surface area contributed by atoms with E-state index in [0.29, 0.717) is 0 Å². The van der Waals surface area contributed by atoms with Crippen molar-refractivity contribution in [1.82, 2.24) is 4.90 Å². The predicted octanol–water partition coefficient (Wildman–Crippen LogP) is 3.18. The van der Waals surface area contributed by atoms with Gasteiger partial charge in [-0.1, -0.05) is 0 Å². The third kappa shape index (κ3) is 3.20. The summed E-state index contributed by atoms with van der Waals surface area (Å²) in [5, 5.41) is 8.45. The lowest BCUT2D eigenvalue weighted by molar-refractivity contribution is 0.501. The summed E-state index contributed by atoms with van der Waals surface area (Å²) < 4.78 is 0. The van der Waals surface area contributed by atoms with E-state index in [1.807, 2.05) is 57.7 Å². The topological polar surface area (TPSA) is 31.2 Å². The Morgan fingerprint density at radius 3 is 2.39 bits per heavy atom. The molecule has 4 nitrogen and oxygen atoms in total. The van der Waals surface area contributed by atoms with Gasteiger partial charge in [-0.2, -0.15) is 10.2 Å². The Balaban J connectivity index is 2.03. The molecule has 1 aromatic carbocycles. The zero-order chi connectivity index (χ0) is 13.0. The van der Waals surface area contributed by atoms with Crippen molar-refractivity contribution in [2.75, 3.05) is 32.6 Å². The van der Waals surface area contributed by atoms with Crippen molar-refractivity contribution < 1.29 is 0 Å². The molecule has 0 bridgehead atoms. The summed E-state index contributed by atoms with van der Waals surface area (Å²) in [5.41, 5.74) is 2.94. The smallest absolute Gasteiger partial charge is 0.0858 e. The fourth-order valence-corrected chi connectivity index (χ4v) is 1.58. The van der Waals surface area contributed by atoms with Gasteiger partial charge < -0.3 is 9.80 Å². The van der Waals surface area contributed by atoms with Crippen LogP contribution in [0.1, 0.15) is 0 Å². The zero-order valence-corrected chi connectivity index (χ0v) is 11.0. The molecule has 1 heterocycles. The summed E-state index contributed by atoms with van der Waals surface area (Å²) >= 11 is 0. The maximum absolute atomic E-state index is 4.22. The van der Waals surface area contributed by atoms with Crippen molar-refractivity contribution in [2.24, 2.45) is 10.2 Å². The standard InChI is InChI=1S/C14H18N4/c1-17(2)14-6-4-12(5-7-14)15-16-13-8-10-18(3)11-9-13/h4-10H,11H2,1-3H3. The van der Waals surface area contributed by atoms with Gasteiger partial charge in [-0.3, -0.25) is 0 Å². The second-order valence-corrected chi connectivity index (χ2v) is 4.50. The van der Waals surface area contributed by atoms with Crippen LogP contribution in [0.4, 0.5) is 11.4 Å². The van der Waals surface area contributed by atoms with Crippen molar-refractivity contribution in [3.8, 4) is 0 Å². The summed E-state index contributed by atoms with van der Waals surface area (Å²) in [7, 11) is 6.07. The Hall–Kier alpha value is -2.10. The maximum atomic E-state index is 4.22. The summed E-state index contributed by atoms with van der Waals surface area (Å²) in [5.74, 6) is 0. The Morgan fingerprint density at radius 1 is 1.11 bits per heavy atom. The fraction of sp³-hybridized carbons (Fsp3) is 0.286. The molecule has 0 aliphatic carbocycles. The molecular weight excluding hydrogens is 224 g/mol. The lowest BCUT2D eigenvalue weighted by Crippen LogP contribution is -2.12. The lowest BCUT2D eigenvalue weighted by Gasteiger charge is -2.14. The van der Waals surface area contributed by atoms with Crippen LogP contribution in [0.5, 0.6) is 0 Å². The number of allylic oxidation sites excluding steroid dienone is 1. The molecule has 0 aromatic heterocycles. The van der Waals surface area contributed by atoms with Gasteiger partial charge in [-0.25, -0.2) is 0 Å². The molecule has 4 heteroatoms. The number of benzene rings is 1. The molecule has 0 saturated carbocycles. The number of likely N-dealkylation sites (N-methyl/N-ethyl adjacent to an activating group) is 1. The molecule has 1 aliphatic rings. The van der Waals surface area contributed by atoms with Crippen molar-refractivity contribution in [1.29, 1.82) is 0 Å². The van der Waals surface area contributed by atoms with Crippen LogP contribution in [0.25, 0.3) is 0 Å². The molecule has 0 unspecified atom stereocenters. The number of azo groups is 1. The molecule has 0 radical (unpaired) electrons. The molecule has 0 amide bonds. The van der Waals surface area contributed by atoms with Crippen molar-refractivity contribution in [3.63, 3.8) is 0 Å². The van der Waals surface area contributed by atoms with E-state index in [9.17, 15) is 0 Å². The van der Waals surface area contributed by atoms with E-state index in [0.717, 1.165) is 23.6 Å². The molecular formula is C14H18N4. The summed E-state index contributed by atoms with van der Waals surface area (Å²) in [6, 6.07) is 8.01. The van der Waals surface area contributed by atoms with Crippen molar-refractivity contribution in [3.05, 3.63) is 48.3 Å². The Morgan fingerprint density at radius 2 is 1.83 bits per heavy atom. The minimum atomic E-state index is 0.869. The second kappa shape index (κ2) is 5.49. The minimum absolute atomic E-state index is 0.869. The molecule has 0 N–H and O–H groups in total. The highest BCUT2D eigenvalue weighted by Crippen LogP contribution is 2.19. The molecule has 0 saturated heterocycles. The van der Waals surface area contributed by atoms with E-state index in [2.05, 4.69) is 26.1 Å². The number of hydrogen-bond donors (Lipinski definition) is 0. The minimum Gasteiger partial charge on any atom is -0.378 e. The van der Waals surface area contributed by atoms with Gasteiger partial charge in [0, 0.05) is 39.6 Å². The first-order valence-corrected chi connectivity index (χ1v) is 5.93. The summed E-state index contributed by atoms with van der Waals surface area (Å²) in [4.78, 5) is 4.15. The maximum Gasteiger partial charge on any atom is 0.0858 e. The van der Waals surface area contributed by atoms with Gasteiger partial charge in [-0.05, 0) is 36.4 Å². The molecule has 0 spiro atoms. The van der Waals surface area contributed by atoms with Gasteiger partial charge in [-0.15, -0.1) is 0 Å². The van der Waals surface area contributed by atoms with E-state index in [1.165, 1.54) is 0 Å².